The summed E-state index contributed by atoms with van der Waals surface area (Å²) in [6.45, 7) is 5.40. The molecule has 0 radical (unpaired) electrons. The van der Waals surface area contributed by atoms with Gasteiger partial charge in [0.25, 0.3) is 5.91 Å². The number of rotatable bonds is 1. The molecule has 2 heterocycles. The molecule has 16 heavy (non-hydrogen) atoms. The molecule has 0 bridgehead atoms. The van der Waals surface area contributed by atoms with Crippen LogP contribution in [0.2, 0.25) is 0 Å². The Hall–Kier alpha value is -0.910. The van der Waals surface area contributed by atoms with Crippen molar-refractivity contribution in [2.45, 2.75) is 32.7 Å². The number of nitrogens with zero attached hydrogens (tertiary/aromatic N) is 2. The zero-order valence-corrected chi connectivity index (χ0v) is 10.5. The fourth-order valence-electron chi connectivity index (χ4n) is 2.20. The molecule has 2 rings (SSSR count). The van der Waals surface area contributed by atoms with Crippen LogP contribution in [0.15, 0.2) is 5.10 Å². The lowest BCUT2D eigenvalue weighted by Gasteiger charge is -2.30. The summed E-state index contributed by atoms with van der Waals surface area (Å²) >= 11 is 0. The average Bonchev–Trinajstić information content (AvgIpc) is 2.59. The summed E-state index contributed by atoms with van der Waals surface area (Å²) in [6, 6.07) is 0. The molecule has 5 nitrogen and oxygen atoms in total. The lowest BCUT2D eigenvalue weighted by atomic mass is 9.99. The molecule has 2 unspecified atom stereocenters. The Labute approximate surface area is 95.4 Å². The SMILES string of the molecule is CC1=NN(C2(C)CCS(=O)(=O)C2)C(=O)C1C. The van der Waals surface area contributed by atoms with Gasteiger partial charge in [-0.2, -0.15) is 5.10 Å². The van der Waals surface area contributed by atoms with Crippen LogP contribution in [-0.4, -0.2) is 42.1 Å². The quantitative estimate of drug-likeness (QED) is 0.671. The number of hydrogen-bond donors (Lipinski definition) is 0. The van der Waals surface area contributed by atoms with Gasteiger partial charge in [-0.25, -0.2) is 13.4 Å². The Morgan fingerprint density at radius 3 is 2.50 bits per heavy atom. The lowest BCUT2D eigenvalue weighted by Crippen LogP contribution is -2.46. The number of carbonyl (C=O) groups is 1. The van der Waals surface area contributed by atoms with Crippen LogP contribution in [0.1, 0.15) is 27.2 Å². The molecule has 2 atom stereocenters. The van der Waals surface area contributed by atoms with Crippen LogP contribution in [0, 0.1) is 5.92 Å². The number of amides is 1. The normalized spacial score (nSPS) is 37.9. The van der Waals surface area contributed by atoms with Crippen molar-refractivity contribution in [1.82, 2.24) is 5.01 Å². The summed E-state index contributed by atoms with van der Waals surface area (Å²) in [5.41, 5.74) is 0.109. The first-order valence-corrected chi connectivity index (χ1v) is 7.17. The molecule has 2 aliphatic heterocycles. The van der Waals surface area contributed by atoms with Crippen LogP contribution in [0.4, 0.5) is 0 Å². The van der Waals surface area contributed by atoms with E-state index >= 15 is 0 Å². The number of hydrazone groups is 1. The third-order valence-electron chi connectivity index (χ3n) is 3.46. The molecule has 1 saturated heterocycles. The molecule has 0 aliphatic carbocycles. The van der Waals surface area contributed by atoms with Gasteiger partial charge < -0.3 is 0 Å². The van der Waals surface area contributed by atoms with E-state index < -0.39 is 15.4 Å². The van der Waals surface area contributed by atoms with Crippen molar-refractivity contribution in [3.05, 3.63) is 0 Å². The molecule has 2 aliphatic rings. The van der Waals surface area contributed by atoms with E-state index in [1.54, 1.807) is 20.8 Å². The number of sulfone groups is 1. The van der Waals surface area contributed by atoms with Crippen molar-refractivity contribution in [1.29, 1.82) is 0 Å². The molecule has 1 amide bonds. The van der Waals surface area contributed by atoms with Crippen LogP contribution < -0.4 is 0 Å². The molecule has 0 spiro atoms. The topological polar surface area (TPSA) is 66.8 Å². The Balaban J connectivity index is 2.31. The highest BCUT2D eigenvalue weighted by Crippen LogP contribution is 2.33. The summed E-state index contributed by atoms with van der Waals surface area (Å²) in [6.07, 6.45) is 0.477. The second-order valence-corrected chi connectivity index (χ2v) is 7.14. The largest absolute Gasteiger partial charge is 0.272 e. The standard InChI is InChI=1S/C10H16N2O3S/c1-7-8(2)11-12(9(7)13)10(3)4-5-16(14,15)6-10/h7H,4-6H2,1-3H3. The first kappa shape index (κ1) is 11.6. The minimum Gasteiger partial charge on any atom is -0.272 e. The first-order chi connectivity index (χ1) is 7.25. The van der Waals surface area contributed by atoms with E-state index in [1.807, 2.05) is 0 Å². The Morgan fingerprint density at radius 1 is 1.50 bits per heavy atom. The van der Waals surface area contributed by atoms with Crippen LogP contribution in [0.3, 0.4) is 0 Å². The van der Waals surface area contributed by atoms with Crippen LogP contribution in [0.5, 0.6) is 0 Å². The fraction of sp³-hybridized carbons (Fsp3) is 0.800. The Bertz CT molecular complexity index is 468. The van der Waals surface area contributed by atoms with Crippen molar-refractivity contribution in [2.75, 3.05) is 11.5 Å². The van der Waals surface area contributed by atoms with Crippen molar-refractivity contribution in [2.24, 2.45) is 11.0 Å². The van der Waals surface area contributed by atoms with Gasteiger partial charge in [-0.15, -0.1) is 0 Å². The maximum Gasteiger partial charge on any atom is 0.251 e. The van der Waals surface area contributed by atoms with Gasteiger partial charge in [0.05, 0.1) is 23.0 Å². The zero-order valence-electron chi connectivity index (χ0n) is 9.73. The van der Waals surface area contributed by atoms with Gasteiger partial charge in [-0.3, -0.25) is 4.79 Å². The second-order valence-electron chi connectivity index (χ2n) is 4.95. The van der Waals surface area contributed by atoms with Crippen molar-refractivity contribution in [3.63, 3.8) is 0 Å². The minimum absolute atomic E-state index is 0.0231. The summed E-state index contributed by atoms with van der Waals surface area (Å²) in [4.78, 5) is 11.9. The first-order valence-electron chi connectivity index (χ1n) is 5.35. The Kier molecular flexibility index (Phi) is 2.38. The molecule has 0 N–H and O–H groups in total. The summed E-state index contributed by atoms with van der Waals surface area (Å²) < 4.78 is 23.0. The molecule has 0 saturated carbocycles. The third kappa shape index (κ3) is 1.65. The van der Waals surface area contributed by atoms with E-state index in [2.05, 4.69) is 5.10 Å². The molecular weight excluding hydrogens is 228 g/mol. The number of hydrogen-bond acceptors (Lipinski definition) is 4. The molecule has 6 heteroatoms. The van der Waals surface area contributed by atoms with Gasteiger partial charge in [0.2, 0.25) is 0 Å². The van der Waals surface area contributed by atoms with Gasteiger partial charge in [0, 0.05) is 5.71 Å². The van der Waals surface area contributed by atoms with Gasteiger partial charge in [0.15, 0.2) is 9.84 Å². The van der Waals surface area contributed by atoms with E-state index in [0.29, 0.717) is 6.42 Å². The smallest absolute Gasteiger partial charge is 0.251 e. The highest BCUT2D eigenvalue weighted by Gasteiger charge is 2.48. The minimum atomic E-state index is -3.01. The maximum atomic E-state index is 11.9. The Morgan fingerprint density at radius 2 is 2.12 bits per heavy atom. The van der Waals surface area contributed by atoms with Gasteiger partial charge >= 0.3 is 0 Å². The molecule has 90 valence electrons. The predicted molar refractivity (Wildman–Crippen MR) is 60.8 cm³/mol. The fourth-order valence-corrected chi connectivity index (χ4v) is 4.31. The number of carbonyl (C=O) groups excluding carboxylic acids is 1. The van der Waals surface area contributed by atoms with Crippen LogP contribution in [-0.2, 0) is 14.6 Å². The summed E-state index contributed by atoms with van der Waals surface area (Å²) in [7, 11) is -3.01. The van der Waals surface area contributed by atoms with E-state index in [0.717, 1.165) is 5.71 Å². The van der Waals surface area contributed by atoms with E-state index in [-0.39, 0.29) is 23.3 Å². The van der Waals surface area contributed by atoms with Gasteiger partial charge in [-0.05, 0) is 27.2 Å². The van der Waals surface area contributed by atoms with E-state index in [4.69, 9.17) is 0 Å². The molecule has 0 aromatic rings. The molecule has 0 aromatic carbocycles. The predicted octanol–water partition coefficient (Wildman–Crippen LogP) is 0.418. The maximum absolute atomic E-state index is 11.9. The summed E-state index contributed by atoms with van der Waals surface area (Å²) in [5, 5.41) is 5.59. The summed E-state index contributed by atoms with van der Waals surface area (Å²) in [5.74, 6) is -0.136. The van der Waals surface area contributed by atoms with Crippen molar-refractivity contribution in [3.8, 4) is 0 Å². The monoisotopic (exact) mass is 244 g/mol. The highest BCUT2D eigenvalue weighted by atomic mass is 32.2. The zero-order chi connectivity index (χ0) is 12.1. The van der Waals surface area contributed by atoms with Crippen molar-refractivity contribution < 1.29 is 13.2 Å². The van der Waals surface area contributed by atoms with Crippen molar-refractivity contribution >= 4 is 21.5 Å². The molecule has 1 fully saturated rings. The van der Waals surface area contributed by atoms with E-state index in [9.17, 15) is 13.2 Å². The molecular formula is C10H16N2O3S. The van der Waals surface area contributed by atoms with Crippen LogP contribution in [0.25, 0.3) is 0 Å². The molecule has 0 aromatic heterocycles. The average molecular weight is 244 g/mol. The van der Waals surface area contributed by atoms with Gasteiger partial charge in [-0.1, -0.05) is 0 Å². The third-order valence-corrected chi connectivity index (χ3v) is 5.35. The van der Waals surface area contributed by atoms with Crippen LogP contribution >= 0.6 is 0 Å². The lowest BCUT2D eigenvalue weighted by molar-refractivity contribution is -0.136. The van der Waals surface area contributed by atoms with E-state index in [1.165, 1.54) is 5.01 Å². The van der Waals surface area contributed by atoms with Gasteiger partial charge in [0.1, 0.15) is 0 Å². The highest BCUT2D eigenvalue weighted by molar-refractivity contribution is 7.91. The second kappa shape index (κ2) is 3.29.